The number of H-pyrrole nitrogens is 1. The van der Waals surface area contributed by atoms with Gasteiger partial charge in [-0.05, 0) is 31.5 Å². The lowest BCUT2D eigenvalue weighted by Crippen LogP contribution is -2.14. The van der Waals surface area contributed by atoms with Gasteiger partial charge in [0, 0.05) is 36.5 Å². The van der Waals surface area contributed by atoms with Gasteiger partial charge in [-0.2, -0.15) is 5.10 Å². The first-order chi connectivity index (χ1) is 9.42. The molecular weight excluding hydrogens is 236 g/mol. The molecule has 4 heteroatoms. The third kappa shape index (κ3) is 3.94. The molecule has 0 unspecified atom stereocenters. The Morgan fingerprint density at radius 2 is 2.26 bits per heavy atom. The maximum absolute atomic E-state index is 5.22. The highest BCUT2D eigenvalue weighted by molar-refractivity contribution is 5.61. The van der Waals surface area contributed by atoms with Crippen molar-refractivity contribution in [3.05, 3.63) is 36.3 Å². The van der Waals surface area contributed by atoms with Crippen LogP contribution in [0.2, 0.25) is 0 Å². The van der Waals surface area contributed by atoms with Crippen LogP contribution in [0, 0.1) is 12.3 Å². The van der Waals surface area contributed by atoms with Crippen molar-refractivity contribution in [3.63, 3.8) is 0 Å². The lowest BCUT2D eigenvalue weighted by molar-refractivity contribution is 0.630. The van der Waals surface area contributed by atoms with Crippen molar-refractivity contribution in [2.24, 2.45) is 0 Å². The summed E-state index contributed by atoms with van der Waals surface area (Å²) in [4.78, 5) is 4.12. The van der Waals surface area contributed by atoms with Crippen LogP contribution in [0.1, 0.15) is 24.8 Å². The van der Waals surface area contributed by atoms with Crippen molar-refractivity contribution in [1.29, 1.82) is 0 Å². The summed E-state index contributed by atoms with van der Waals surface area (Å²) >= 11 is 0. The third-order valence-electron chi connectivity index (χ3n) is 2.91. The molecule has 2 N–H and O–H groups in total. The molecule has 0 radical (unpaired) electrons. The maximum Gasteiger partial charge on any atom is 0.0710 e. The molecule has 0 aliphatic heterocycles. The number of rotatable bonds is 7. The first kappa shape index (κ1) is 13.3. The Hall–Kier alpha value is -2.12. The molecule has 98 valence electrons. The van der Waals surface area contributed by atoms with Crippen LogP contribution < -0.4 is 5.32 Å². The smallest absolute Gasteiger partial charge is 0.0710 e. The molecule has 0 bridgehead atoms. The molecule has 2 aromatic rings. The van der Waals surface area contributed by atoms with Gasteiger partial charge in [-0.3, -0.25) is 10.1 Å². The van der Waals surface area contributed by atoms with Crippen molar-refractivity contribution in [2.75, 3.05) is 6.54 Å². The lowest BCUT2D eigenvalue weighted by Gasteiger charge is -2.05. The normalized spacial score (nSPS) is 10.3. The number of pyridine rings is 1. The highest BCUT2D eigenvalue weighted by atomic mass is 15.1. The number of unbranched alkanes of at least 4 members (excludes halogenated alkanes) is 2. The summed E-state index contributed by atoms with van der Waals surface area (Å²) in [5.74, 6) is 2.65. The third-order valence-corrected chi connectivity index (χ3v) is 2.91. The summed E-state index contributed by atoms with van der Waals surface area (Å²) in [6.45, 7) is 1.77. The van der Waals surface area contributed by atoms with E-state index in [2.05, 4.69) is 26.4 Å². The summed E-state index contributed by atoms with van der Waals surface area (Å²) in [7, 11) is 0. The van der Waals surface area contributed by atoms with Gasteiger partial charge in [0.1, 0.15) is 0 Å². The molecule has 0 atom stereocenters. The van der Waals surface area contributed by atoms with Gasteiger partial charge in [0.05, 0.1) is 11.9 Å². The summed E-state index contributed by atoms with van der Waals surface area (Å²) in [5.41, 5.74) is 3.25. The van der Waals surface area contributed by atoms with Gasteiger partial charge in [-0.1, -0.05) is 0 Å². The van der Waals surface area contributed by atoms with Crippen molar-refractivity contribution >= 4 is 0 Å². The average molecular weight is 254 g/mol. The second-order valence-electron chi connectivity index (χ2n) is 4.35. The van der Waals surface area contributed by atoms with E-state index >= 15 is 0 Å². The van der Waals surface area contributed by atoms with Crippen LogP contribution >= 0.6 is 0 Å². The molecule has 19 heavy (non-hydrogen) atoms. The largest absolute Gasteiger partial charge is 0.313 e. The minimum absolute atomic E-state index is 0.802. The summed E-state index contributed by atoms with van der Waals surface area (Å²) < 4.78 is 0. The number of hydrogen-bond donors (Lipinski definition) is 2. The zero-order chi connectivity index (χ0) is 13.3. The molecule has 0 saturated carbocycles. The van der Waals surface area contributed by atoms with Gasteiger partial charge < -0.3 is 5.32 Å². The number of nitrogens with one attached hydrogen (secondary N) is 2. The molecule has 4 nitrogen and oxygen atoms in total. The number of aromatic amines is 1. The molecule has 0 aromatic carbocycles. The molecule has 0 aliphatic carbocycles. The Morgan fingerprint density at radius 1 is 1.32 bits per heavy atom. The van der Waals surface area contributed by atoms with Crippen LogP contribution in [0.25, 0.3) is 11.3 Å². The SMILES string of the molecule is C#CCCCCNCc1cn[nH]c1-c1cccnc1. The molecule has 0 spiro atoms. The molecule has 0 amide bonds. The van der Waals surface area contributed by atoms with Gasteiger partial charge in [0.25, 0.3) is 0 Å². The van der Waals surface area contributed by atoms with Gasteiger partial charge in [-0.25, -0.2) is 0 Å². The topological polar surface area (TPSA) is 53.6 Å². The molecular formula is C15H18N4. The first-order valence-corrected chi connectivity index (χ1v) is 6.48. The van der Waals surface area contributed by atoms with E-state index < -0.39 is 0 Å². The summed E-state index contributed by atoms with van der Waals surface area (Å²) in [6.07, 6.45) is 13.7. The monoisotopic (exact) mass is 254 g/mol. The predicted octanol–water partition coefficient (Wildman–Crippen LogP) is 2.36. The molecule has 2 aromatic heterocycles. The van der Waals surface area contributed by atoms with E-state index in [1.807, 2.05) is 24.5 Å². The first-order valence-electron chi connectivity index (χ1n) is 6.48. The maximum atomic E-state index is 5.22. The minimum atomic E-state index is 0.802. The van der Waals surface area contributed by atoms with Crippen molar-refractivity contribution < 1.29 is 0 Å². The van der Waals surface area contributed by atoms with E-state index in [0.29, 0.717) is 0 Å². The predicted molar refractivity (Wildman–Crippen MR) is 76.2 cm³/mol. The highest BCUT2D eigenvalue weighted by Crippen LogP contribution is 2.19. The fourth-order valence-electron chi connectivity index (χ4n) is 1.91. The average Bonchev–Trinajstić information content (AvgIpc) is 2.92. The van der Waals surface area contributed by atoms with Gasteiger partial charge in [0.15, 0.2) is 0 Å². The number of nitrogens with zero attached hydrogens (tertiary/aromatic N) is 2. The minimum Gasteiger partial charge on any atom is -0.313 e. The summed E-state index contributed by atoms with van der Waals surface area (Å²) in [6, 6.07) is 3.95. The Morgan fingerprint density at radius 3 is 3.05 bits per heavy atom. The van der Waals surface area contributed by atoms with Crippen LogP contribution in [-0.4, -0.2) is 21.7 Å². The van der Waals surface area contributed by atoms with E-state index in [-0.39, 0.29) is 0 Å². The second-order valence-corrected chi connectivity index (χ2v) is 4.35. The molecule has 0 aliphatic rings. The van der Waals surface area contributed by atoms with Crippen LogP contribution in [0.3, 0.4) is 0 Å². The van der Waals surface area contributed by atoms with Gasteiger partial charge >= 0.3 is 0 Å². The van der Waals surface area contributed by atoms with E-state index in [1.165, 1.54) is 0 Å². The summed E-state index contributed by atoms with van der Waals surface area (Å²) in [5, 5.41) is 10.5. The molecule has 2 heterocycles. The zero-order valence-corrected chi connectivity index (χ0v) is 10.9. The van der Waals surface area contributed by atoms with Crippen LogP contribution in [0.15, 0.2) is 30.7 Å². The van der Waals surface area contributed by atoms with Crippen molar-refractivity contribution in [3.8, 4) is 23.6 Å². The zero-order valence-electron chi connectivity index (χ0n) is 10.9. The Balaban J connectivity index is 1.85. The molecule has 0 fully saturated rings. The lowest BCUT2D eigenvalue weighted by atomic mass is 10.1. The van der Waals surface area contributed by atoms with E-state index in [1.54, 1.807) is 6.20 Å². The van der Waals surface area contributed by atoms with Crippen LogP contribution in [0.4, 0.5) is 0 Å². The highest BCUT2D eigenvalue weighted by Gasteiger charge is 2.06. The number of terminal acetylenes is 1. The fourth-order valence-corrected chi connectivity index (χ4v) is 1.91. The Kier molecular flexibility index (Phi) is 5.15. The standard InChI is InChI=1S/C15H18N4/c1-2-3-4-5-8-16-11-14-12-18-19-15(14)13-7-6-9-17-10-13/h1,6-7,9-10,12,16H,3-5,8,11H2,(H,18,19). The van der Waals surface area contributed by atoms with Crippen LogP contribution in [0.5, 0.6) is 0 Å². The number of hydrogen-bond acceptors (Lipinski definition) is 3. The van der Waals surface area contributed by atoms with E-state index in [0.717, 1.165) is 49.2 Å². The Labute approximate surface area is 113 Å². The van der Waals surface area contributed by atoms with Crippen LogP contribution in [-0.2, 0) is 6.54 Å². The molecule has 2 rings (SSSR count). The van der Waals surface area contributed by atoms with Gasteiger partial charge in [0.2, 0.25) is 0 Å². The Bertz CT molecular complexity index is 525. The number of aromatic nitrogens is 3. The quantitative estimate of drug-likeness (QED) is 0.589. The van der Waals surface area contributed by atoms with Crippen molar-refractivity contribution in [2.45, 2.75) is 25.8 Å². The van der Waals surface area contributed by atoms with E-state index in [4.69, 9.17) is 6.42 Å². The van der Waals surface area contributed by atoms with E-state index in [9.17, 15) is 0 Å². The van der Waals surface area contributed by atoms with Gasteiger partial charge in [-0.15, -0.1) is 12.3 Å². The second kappa shape index (κ2) is 7.34. The fraction of sp³-hybridized carbons (Fsp3) is 0.333. The van der Waals surface area contributed by atoms with Crippen molar-refractivity contribution in [1.82, 2.24) is 20.5 Å². The molecule has 0 saturated heterocycles.